The zero-order chi connectivity index (χ0) is 86.7. The van der Waals surface area contributed by atoms with Crippen molar-refractivity contribution >= 4 is 116 Å². The predicted molar refractivity (Wildman–Crippen MR) is 383 cm³/mol. The number of imidazole rings is 2. The molecule has 6 heterocycles. The van der Waals surface area contributed by atoms with Crippen molar-refractivity contribution in [1.29, 1.82) is 0 Å². The molecule has 0 spiro atoms. The number of unbranched alkanes of at least 4 members (excludes halogenated alkanes) is 1. The minimum Gasteiger partial charge on any atom is -0.790 e. The fourth-order valence-electron chi connectivity index (χ4n) is 12.5. The van der Waals surface area contributed by atoms with Gasteiger partial charge in [0.05, 0.1) is 54.7 Å². The highest BCUT2D eigenvalue weighted by atomic mass is 31.3. The first kappa shape index (κ1) is 96.1. The van der Waals surface area contributed by atoms with Crippen LogP contribution in [0.25, 0.3) is 22.3 Å². The maximum absolute atomic E-state index is 13.4. The monoisotopic (exact) mass is 1770 g/mol. The topological polar surface area (TPSA) is 750 Å². The molecular formula is C63H90N14O34P6-8. The van der Waals surface area contributed by atoms with Gasteiger partial charge in [0.2, 0.25) is 23.6 Å². The second-order valence-corrected chi connectivity index (χ2v) is 38.0. The Morgan fingerprint density at radius 2 is 0.966 bits per heavy atom. The molecule has 0 radical (unpaired) electrons. The van der Waals surface area contributed by atoms with Crippen LogP contribution in [0.4, 0.5) is 11.6 Å². The summed E-state index contributed by atoms with van der Waals surface area (Å²) in [6, 6.07) is 8.06. The largest absolute Gasteiger partial charge is 0.790 e. The lowest BCUT2D eigenvalue weighted by molar-refractivity contribution is -0.348. The molecule has 1 aliphatic carbocycles. The molecule has 1 aromatic carbocycles. The molecule has 2 saturated heterocycles. The number of phosphoric acid groups is 6. The summed E-state index contributed by atoms with van der Waals surface area (Å²) < 4.78 is 123. The first-order chi connectivity index (χ1) is 54.3. The van der Waals surface area contributed by atoms with E-state index in [2.05, 4.69) is 93.0 Å². The number of anilines is 2. The maximum Gasteiger partial charge on any atom is 0.274 e. The van der Waals surface area contributed by atoms with E-state index in [-0.39, 0.29) is 97.4 Å². The number of hydrogen-bond acceptors (Lipinski definition) is 42. The molecule has 0 bridgehead atoms. The summed E-state index contributed by atoms with van der Waals surface area (Å²) >= 11 is 0. The number of aliphatic hydroxyl groups excluding tert-OH is 4. The Morgan fingerprint density at radius 1 is 0.564 bits per heavy atom. The predicted octanol–water partition coefficient (Wildman–Crippen LogP) is -3.77. The summed E-state index contributed by atoms with van der Waals surface area (Å²) in [5.41, 5.74) is 8.86. The van der Waals surface area contributed by atoms with Crippen molar-refractivity contribution < 1.29 is 161 Å². The quantitative estimate of drug-likeness (QED) is 0.0132. The normalized spacial score (nSPS) is 22.4. The molecule has 8 rings (SSSR count). The molecule has 12 N–H and O–H groups in total. The SMILES string of the molecule is CC(C)(CCCCc1cccc(CCCC2(C(=O)CCNC(=O)CCNC(=O)C(O)C(C)(C)COP(=O)([O-])OP(=O)([O-])OCC3OC(n4cnc5c(N)ncnc54)C(O)C3OP(=O)([O-])[O-])CC2)c1)C(=O)CCNC(=O)CCNC(=O)C(O)C(C)(C)COP(=O)([O-])OP(=O)([O-])OCC1OC(n2cnc3c(N)ncnc32)C(O)C1OP(=O)([O-])[O-]. The van der Waals surface area contributed by atoms with Gasteiger partial charge in [0.15, 0.2) is 35.4 Å². The van der Waals surface area contributed by atoms with Crippen molar-refractivity contribution in [3.8, 4) is 0 Å². The molecule has 4 aromatic heterocycles. The summed E-state index contributed by atoms with van der Waals surface area (Å²) in [7, 11) is -35.7. The lowest BCUT2D eigenvalue weighted by Crippen LogP contribution is -2.46. The fourth-order valence-corrected chi connectivity index (χ4v) is 18.0. The van der Waals surface area contributed by atoms with E-state index in [0.717, 1.165) is 64.8 Å². The third-order valence-corrected chi connectivity index (χ3v) is 25.3. The lowest BCUT2D eigenvalue weighted by Gasteiger charge is -2.36. The summed E-state index contributed by atoms with van der Waals surface area (Å²) in [4.78, 5) is 198. The number of amides is 4. The van der Waals surface area contributed by atoms with E-state index in [0.29, 0.717) is 38.5 Å². The second-order valence-electron chi connectivity index (χ2n) is 29.9. The highest BCUT2D eigenvalue weighted by molar-refractivity contribution is 7.60. The standard InChI is InChI=1S/C63H98N14O34P6/c1-60(2,40(78)15-23-66-42(80)17-25-68-56(86)50(84)61(3,4)30-104-116(98,99)110-114(94,95)102-28-38-48(108-112(88,89)90)46(82)58(106-38)76-34-74-44-52(64)70-32-72-54(44)76)19-8-7-11-36-12-9-13-37(27-36)14-10-20-63(21-22-63)41(79)16-24-67-43(81)18-26-69-57(87)51(85)62(5,6)31-105-117(100,101)111-115(96,97)103-29-39-49(109-113(91,92)93)47(83)59(107-39)77-35-75-45-53(65)71-33-73-55(45)77/h9,12-13,27,32-35,38-39,46-51,58-59,82-85H,7-8,10-11,14-26,28-31H2,1-6H3,(H,66,80)(H,67,81)(H,68,86)(H,69,87)(H,94,95)(H,96,97)(H,98,99)(H,100,101)(H2,64,70,72)(H2,65,71,73)(H2,88,89,90)(H2,91,92,93)/p-8. The first-order valence-corrected chi connectivity index (χ1v) is 44.9. The van der Waals surface area contributed by atoms with Gasteiger partial charge >= 0.3 is 0 Å². The van der Waals surface area contributed by atoms with Crippen molar-refractivity contribution in [3.63, 3.8) is 0 Å². The second kappa shape index (κ2) is 39.7. The van der Waals surface area contributed by atoms with Crippen molar-refractivity contribution in [2.45, 2.75) is 186 Å². The van der Waals surface area contributed by atoms with E-state index in [1.54, 1.807) is 0 Å². The number of nitrogen functional groups attached to an aromatic ring is 2. The lowest BCUT2D eigenvalue weighted by atomic mass is 9.81. The smallest absolute Gasteiger partial charge is 0.274 e. The van der Waals surface area contributed by atoms with Gasteiger partial charge in [-0.2, -0.15) is 0 Å². The molecule has 3 fully saturated rings. The molecule has 14 unspecified atom stereocenters. The summed E-state index contributed by atoms with van der Waals surface area (Å²) in [5.74, 6) is -3.57. The van der Waals surface area contributed by atoms with Crippen molar-refractivity contribution in [1.82, 2.24) is 60.3 Å². The van der Waals surface area contributed by atoms with Gasteiger partial charge in [-0.15, -0.1) is 0 Å². The average molecular weight is 1770 g/mol. The van der Waals surface area contributed by atoms with Crippen LogP contribution in [-0.4, -0.2) is 196 Å². The van der Waals surface area contributed by atoms with Crippen molar-refractivity contribution in [3.05, 3.63) is 60.7 Å². The number of carbonyl (C=O) groups excluding carboxylic acids is 6. The van der Waals surface area contributed by atoms with Gasteiger partial charge in [0.25, 0.3) is 31.3 Å². The van der Waals surface area contributed by atoms with Gasteiger partial charge in [-0.3, -0.25) is 56.2 Å². The van der Waals surface area contributed by atoms with Gasteiger partial charge in [-0.1, -0.05) is 72.2 Å². The Bertz CT molecular complexity index is 4660. The molecule has 3 aliphatic rings. The van der Waals surface area contributed by atoms with E-state index in [1.807, 2.05) is 32.0 Å². The number of fused-ring (bicyclic) bond motifs is 2. The maximum atomic E-state index is 13.4. The number of nitrogens with two attached hydrogens (primary N) is 2. The van der Waals surface area contributed by atoms with Crippen LogP contribution < -0.4 is 71.9 Å². The van der Waals surface area contributed by atoms with Crippen molar-refractivity contribution in [2.24, 2.45) is 21.7 Å². The molecule has 1 saturated carbocycles. The van der Waals surface area contributed by atoms with E-state index < -0.39 is 180 Å². The zero-order valence-electron chi connectivity index (χ0n) is 63.7. The van der Waals surface area contributed by atoms with Crippen molar-refractivity contribution in [2.75, 3.05) is 64.1 Å². The Morgan fingerprint density at radius 3 is 1.38 bits per heavy atom. The van der Waals surface area contributed by atoms with Crippen LogP contribution in [0.2, 0.25) is 0 Å². The highest BCUT2D eigenvalue weighted by Gasteiger charge is 2.51. The number of Topliss-reactive ketones (excluding diaryl/α,β-unsaturated/α-hetero) is 2. The number of nitrogens with one attached hydrogen (secondary N) is 4. The van der Waals surface area contributed by atoms with Crippen LogP contribution >= 0.6 is 46.9 Å². The number of nitrogens with zero attached hydrogens (tertiary/aromatic N) is 8. The average Bonchev–Trinajstić information content (AvgIpc) is 1.64. The van der Waals surface area contributed by atoms with Crippen LogP contribution in [0.1, 0.15) is 136 Å². The van der Waals surface area contributed by atoms with Crippen LogP contribution in [0.3, 0.4) is 0 Å². The third-order valence-electron chi connectivity index (χ3n) is 19.3. The molecule has 54 heteroatoms. The van der Waals surface area contributed by atoms with Crippen LogP contribution in [-0.2, 0) is 114 Å². The number of benzene rings is 1. The third kappa shape index (κ3) is 27.8. The number of ketones is 2. The van der Waals surface area contributed by atoms with Crippen LogP contribution in [0.15, 0.2) is 49.6 Å². The molecule has 2 aliphatic heterocycles. The number of ether oxygens (including phenoxy) is 2. The minimum atomic E-state index is -6.00. The molecule has 117 heavy (non-hydrogen) atoms. The summed E-state index contributed by atoms with van der Waals surface area (Å²) in [6.45, 7) is 2.93. The molecule has 14 atom stereocenters. The molecule has 48 nitrogen and oxygen atoms in total. The Balaban J connectivity index is 0.647. The van der Waals surface area contributed by atoms with Gasteiger partial charge < -0.3 is 138 Å². The van der Waals surface area contributed by atoms with Gasteiger partial charge in [-0.05, 0) is 62.5 Å². The Labute approximate surface area is 667 Å². The zero-order valence-corrected chi connectivity index (χ0v) is 69.1. The van der Waals surface area contributed by atoms with E-state index >= 15 is 0 Å². The van der Waals surface area contributed by atoms with Gasteiger partial charge in [0.1, 0.15) is 84.1 Å². The van der Waals surface area contributed by atoms with Crippen LogP contribution in [0, 0.1) is 21.7 Å². The van der Waals surface area contributed by atoms with Crippen LogP contribution in [0.5, 0.6) is 0 Å². The number of rotatable bonds is 49. The molecule has 654 valence electrons. The molecule has 4 amide bonds. The first-order valence-electron chi connectivity index (χ1n) is 36.1. The number of phosphoric ester groups is 6. The number of carbonyl (C=O) groups is 6. The number of aryl methyl sites for hydroxylation is 2. The van der Waals surface area contributed by atoms with Gasteiger partial charge in [0, 0.05) is 73.5 Å². The minimum absolute atomic E-state index is 0.00227. The summed E-state index contributed by atoms with van der Waals surface area (Å²) in [6.07, 6.45) is -9.69. The highest BCUT2D eigenvalue weighted by Crippen LogP contribution is 2.58. The van der Waals surface area contributed by atoms with E-state index in [4.69, 9.17) is 20.9 Å². The summed E-state index contributed by atoms with van der Waals surface area (Å²) in [5, 5.41) is 53.3. The number of aliphatic hydroxyl groups is 4. The Hall–Kier alpha value is -6.36. The fraction of sp³-hybridized carbons (Fsp3) is 0.651. The number of aromatic nitrogens is 8. The molecule has 5 aromatic rings. The van der Waals surface area contributed by atoms with Gasteiger partial charge in [-0.25, -0.2) is 38.5 Å². The molecular weight excluding hydrogens is 1680 g/mol. The van der Waals surface area contributed by atoms with E-state index in [9.17, 15) is 116 Å². The van der Waals surface area contributed by atoms with E-state index in [1.165, 1.54) is 27.7 Å². The Kier molecular flexibility index (Phi) is 32.6. The number of hydrogen-bond donors (Lipinski definition) is 10.